The Kier molecular flexibility index (Phi) is 4.96. The summed E-state index contributed by atoms with van der Waals surface area (Å²) in [6, 6.07) is 12.9. The van der Waals surface area contributed by atoms with Crippen LogP contribution >= 0.6 is 11.6 Å². The predicted octanol–water partition coefficient (Wildman–Crippen LogP) is 3.17. The van der Waals surface area contributed by atoms with Gasteiger partial charge >= 0.3 is 0 Å². The molecular formula is C15H13ClFNO2. The molecule has 0 saturated heterocycles. The SMILES string of the molecule is O=C(COc1cccc(Cl)c1)NCc1cccc(F)c1. The third-order valence-corrected chi connectivity index (χ3v) is 2.78. The van der Waals surface area contributed by atoms with Crippen LogP contribution in [0.25, 0.3) is 0 Å². The van der Waals surface area contributed by atoms with E-state index in [1.165, 1.54) is 12.1 Å². The zero-order valence-corrected chi connectivity index (χ0v) is 11.4. The summed E-state index contributed by atoms with van der Waals surface area (Å²) in [5.41, 5.74) is 0.695. The van der Waals surface area contributed by atoms with Crippen LogP contribution in [0.1, 0.15) is 5.56 Å². The summed E-state index contributed by atoms with van der Waals surface area (Å²) < 4.78 is 18.2. The zero-order valence-electron chi connectivity index (χ0n) is 10.6. The lowest BCUT2D eigenvalue weighted by atomic mass is 10.2. The maximum Gasteiger partial charge on any atom is 0.258 e. The summed E-state index contributed by atoms with van der Waals surface area (Å²) >= 11 is 5.80. The van der Waals surface area contributed by atoms with E-state index < -0.39 is 0 Å². The van der Waals surface area contributed by atoms with E-state index in [2.05, 4.69) is 5.32 Å². The first-order chi connectivity index (χ1) is 9.63. The summed E-state index contributed by atoms with van der Waals surface area (Å²) in [7, 11) is 0. The summed E-state index contributed by atoms with van der Waals surface area (Å²) in [6.07, 6.45) is 0. The van der Waals surface area contributed by atoms with E-state index in [1.54, 1.807) is 36.4 Å². The molecule has 2 rings (SSSR count). The maximum atomic E-state index is 12.9. The van der Waals surface area contributed by atoms with Crippen LogP contribution < -0.4 is 10.1 Å². The van der Waals surface area contributed by atoms with Crippen LogP contribution in [0.15, 0.2) is 48.5 Å². The Labute approximate surface area is 121 Å². The van der Waals surface area contributed by atoms with Crippen molar-refractivity contribution in [1.29, 1.82) is 0 Å². The van der Waals surface area contributed by atoms with Crippen LogP contribution in [0.5, 0.6) is 5.75 Å². The third-order valence-electron chi connectivity index (χ3n) is 2.54. The van der Waals surface area contributed by atoms with Gasteiger partial charge in [0.25, 0.3) is 5.91 Å². The number of amides is 1. The molecule has 0 bridgehead atoms. The lowest BCUT2D eigenvalue weighted by Gasteiger charge is -2.08. The van der Waals surface area contributed by atoms with Gasteiger partial charge in [0.1, 0.15) is 11.6 Å². The molecule has 3 nitrogen and oxygen atoms in total. The number of rotatable bonds is 5. The molecule has 0 heterocycles. The first-order valence-corrected chi connectivity index (χ1v) is 6.41. The highest BCUT2D eigenvalue weighted by Crippen LogP contribution is 2.16. The largest absolute Gasteiger partial charge is 0.484 e. The minimum atomic E-state index is -0.327. The Morgan fingerprint density at radius 1 is 1.20 bits per heavy atom. The van der Waals surface area contributed by atoms with Crippen LogP contribution in [0, 0.1) is 5.82 Å². The molecule has 1 N–H and O–H groups in total. The number of nitrogens with one attached hydrogen (secondary N) is 1. The van der Waals surface area contributed by atoms with Gasteiger partial charge in [-0.05, 0) is 35.9 Å². The van der Waals surface area contributed by atoms with Gasteiger partial charge in [0.05, 0.1) is 0 Å². The first-order valence-electron chi connectivity index (χ1n) is 6.03. The molecule has 0 aliphatic carbocycles. The molecule has 0 aliphatic rings. The van der Waals surface area contributed by atoms with E-state index in [0.717, 1.165) is 0 Å². The second-order valence-electron chi connectivity index (χ2n) is 4.15. The monoisotopic (exact) mass is 293 g/mol. The Hall–Kier alpha value is -2.07. The Balaban J connectivity index is 1.78. The fourth-order valence-corrected chi connectivity index (χ4v) is 1.78. The van der Waals surface area contributed by atoms with E-state index in [9.17, 15) is 9.18 Å². The number of benzene rings is 2. The van der Waals surface area contributed by atoms with Gasteiger partial charge in [-0.25, -0.2) is 4.39 Å². The topological polar surface area (TPSA) is 38.3 Å². The van der Waals surface area contributed by atoms with Crippen molar-refractivity contribution < 1.29 is 13.9 Å². The zero-order chi connectivity index (χ0) is 14.4. The summed E-state index contributed by atoms with van der Waals surface area (Å²) in [6.45, 7) is 0.144. The van der Waals surface area contributed by atoms with Crippen molar-refractivity contribution in [2.24, 2.45) is 0 Å². The summed E-state index contributed by atoms with van der Waals surface area (Å²) in [5.74, 6) is -0.0837. The summed E-state index contributed by atoms with van der Waals surface area (Å²) in [4.78, 5) is 11.6. The molecule has 0 spiro atoms. The lowest BCUT2D eigenvalue weighted by Crippen LogP contribution is -2.28. The van der Waals surface area contributed by atoms with Gasteiger partial charge < -0.3 is 10.1 Å². The van der Waals surface area contributed by atoms with Crippen LogP contribution in [-0.2, 0) is 11.3 Å². The average molecular weight is 294 g/mol. The van der Waals surface area contributed by atoms with Crippen LogP contribution in [0.2, 0.25) is 5.02 Å². The fourth-order valence-electron chi connectivity index (χ4n) is 1.60. The lowest BCUT2D eigenvalue weighted by molar-refractivity contribution is -0.123. The number of hydrogen-bond acceptors (Lipinski definition) is 2. The number of halogens is 2. The van der Waals surface area contributed by atoms with Crippen LogP contribution in [0.4, 0.5) is 4.39 Å². The molecule has 2 aromatic carbocycles. The Morgan fingerprint density at radius 2 is 2.00 bits per heavy atom. The van der Waals surface area contributed by atoms with E-state index in [-0.39, 0.29) is 24.9 Å². The van der Waals surface area contributed by atoms with E-state index in [0.29, 0.717) is 16.3 Å². The second-order valence-corrected chi connectivity index (χ2v) is 4.59. The number of carbonyl (C=O) groups excluding carboxylic acids is 1. The van der Waals surface area contributed by atoms with Gasteiger partial charge in [-0.15, -0.1) is 0 Å². The minimum absolute atomic E-state index is 0.115. The predicted molar refractivity (Wildman–Crippen MR) is 75.2 cm³/mol. The van der Waals surface area contributed by atoms with Crippen molar-refractivity contribution in [1.82, 2.24) is 5.32 Å². The molecule has 20 heavy (non-hydrogen) atoms. The minimum Gasteiger partial charge on any atom is -0.484 e. The third kappa shape index (κ3) is 4.55. The molecule has 5 heteroatoms. The fraction of sp³-hybridized carbons (Fsp3) is 0.133. The molecule has 1 amide bonds. The average Bonchev–Trinajstić information content (AvgIpc) is 2.43. The van der Waals surface area contributed by atoms with Gasteiger partial charge in [0.2, 0.25) is 0 Å². The van der Waals surface area contributed by atoms with Gasteiger partial charge in [-0.2, -0.15) is 0 Å². The molecule has 0 saturated carbocycles. The molecule has 2 aromatic rings. The van der Waals surface area contributed by atoms with Crippen LogP contribution in [-0.4, -0.2) is 12.5 Å². The highest BCUT2D eigenvalue weighted by Gasteiger charge is 2.03. The first kappa shape index (κ1) is 14.3. The van der Waals surface area contributed by atoms with Crippen molar-refractivity contribution in [2.75, 3.05) is 6.61 Å². The van der Waals surface area contributed by atoms with Crippen molar-refractivity contribution in [3.05, 3.63) is 64.9 Å². The smallest absolute Gasteiger partial charge is 0.258 e. The van der Waals surface area contributed by atoms with Crippen molar-refractivity contribution >= 4 is 17.5 Å². The number of hydrogen-bond donors (Lipinski definition) is 1. The Bertz CT molecular complexity index is 552. The van der Waals surface area contributed by atoms with E-state index in [4.69, 9.17) is 16.3 Å². The van der Waals surface area contributed by atoms with E-state index in [1.807, 2.05) is 0 Å². The molecule has 0 unspecified atom stereocenters. The summed E-state index contributed by atoms with van der Waals surface area (Å²) in [5, 5.41) is 3.19. The van der Waals surface area contributed by atoms with Gasteiger partial charge in [-0.3, -0.25) is 4.79 Å². The molecule has 0 aliphatic heterocycles. The van der Waals surface area contributed by atoms with Crippen molar-refractivity contribution in [2.45, 2.75) is 6.54 Å². The molecule has 104 valence electrons. The number of carbonyl (C=O) groups is 1. The highest BCUT2D eigenvalue weighted by molar-refractivity contribution is 6.30. The molecular weight excluding hydrogens is 281 g/mol. The molecule has 0 atom stereocenters. The molecule has 0 radical (unpaired) electrons. The van der Waals surface area contributed by atoms with Crippen molar-refractivity contribution in [3.8, 4) is 5.75 Å². The van der Waals surface area contributed by atoms with Crippen LogP contribution in [0.3, 0.4) is 0 Å². The number of ether oxygens (including phenoxy) is 1. The molecule has 0 aromatic heterocycles. The second kappa shape index (κ2) is 6.91. The standard InChI is InChI=1S/C15H13ClFNO2/c16-12-4-2-6-14(8-12)20-10-15(19)18-9-11-3-1-5-13(17)7-11/h1-8H,9-10H2,(H,18,19). The van der Waals surface area contributed by atoms with Gasteiger partial charge in [-0.1, -0.05) is 29.8 Å². The highest BCUT2D eigenvalue weighted by atomic mass is 35.5. The quantitative estimate of drug-likeness (QED) is 0.919. The molecule has 0 fully saturated rings. The van der Waals surface area contributed by atoms with E-state index >= 15 is 0 Å². The van der Waals surface area contributed by atoms with Gasteiger partial charge in [0, 0.05) is 11.6 Å². The normalized spacial score (nSPS) is 10.1. The Morgan fingerprint density at radius 3 is 2.75 bits per heavy atom. The van der Waals surface area contributed by atoms with Crippen molar-refractivity contribution in [3.63, 3.8) is 0 Å². The maximum absolute atomic E-state index is 12.9. The van der Waals surface area contributed by atoms with Gasteiger partial charge in [0.15, 0.2) is 6.61 Å².